The smallest absolute Gasteiger partial charge is 0.225 e. The zero-order chi connectivity index (χ0) is 12.8. The molecule has 1 heterocycles. The van der Waals surface area contributed by atoms with Gasteiger partial charge in [0.1, 0.15) is 0 Å². The lowest BCUT2D eigenvalue weighted by atomic mass is 10.0. The molecule has 1 N–H and O–H groups in total. The highest BCUT2D eigenvalue weighted by Crippen LogP contribution is 2.14. The summed E-state index contributed by atoms with van der Waals surface area (Å²) < 4.78 is 0. The minimum absolute atomic E-state index is 0.154. The van der Waals surface area contributed by atoms with Crippen LogP contribution in [-0.4, -0.2) is 36.0 Å². The molecule has 1 aliphatic heterocycles. The van der Waals surface area contributed by atoms with E-state index in [-0.39, 0.29) is 5.92 Å². The van der Waals surface area contributed by atoms with Crippen LogP contribution in [0.1, 0.15) is 53.4 Å². The molecule has 1 saturated heterocycles. The van der Waals surface area contributed by atoms with E-state index in [4.69, 9.17) is 0 Å². The Labute approximate surface area is 106 Å². The average molecular weight is 240 g/mol. The van der Waals surface area contributed by atoms with Crippen molar-refractivity contribution in [3.05, 3.63) is 0 Å². The Balaban J connectivity index is 2.55. The van der Waals surface area contributed by atoms with Gasteiger partial charge < -0.3 is 10.2 Å². The number of nitrogens with one attached hydrogen (secondary N) is 1. The summed E-state index contributed by atoms with van der Waals surface area (Å²) in [4.78, 5) is 14.3. The molecule has 0 radical (unpaired) electrons. The first-order chi connectivity index (χ1) is 8.06. The fraction of sp³-hybridized carbons (Fsp3) is 0.929. The maximum Gasteiger partial charge on any atom is 0.225 e. The highest BCUT2D eigenvalue weighted by molar-refractivity contribution is 5.78. The predicted molar refractivity (Wildman–Crippen MR) is 71.9 cm³/mol. The summed E-state index contributed by atoms with van der Waals surface area (Å²) in [6.45, 7) is 10.3. The van der Waals surface area contributed by atoms with Crippen LogP contribution in [0.4, 0.5) is 0 Å². The topological polar surface area (TPSA) is 32.3 Å². The molecule has 1 fully saturated rings. The van der Waals surface area contributed by atoms with Crippen LogP contribution in [0, 0.1) is 5.92 Å². The molecular weight excluding hydrogens is 212 g/mol. The highest BCUT2D eigenvalue weighted by Gasteiger charge is 2.25. The molecule has 1 rings (SSSR count). The van der Waals surface area contributed by atoms with Crippen molar-refractivity contribution in [2.75, 3.05) is 13.1 Å². The maximum atomic E-state index is 12.3. The zero-order valence-electron chi connectivity index (χ0n) is 11.8. The van der Waals surface area contributed by atoms with Crippen molar-refractivity contribution in [3.63, 3.8) is 0 Å². The Hall–Kier alpha value is -0.570. The SMILES string of the molecule is CCC(C)C(=O)N(CC1CCCCN1)C(C)C. The lowest BCUT2D eigenvalue weighted by Crippen LogP contribution is -2.49. The quantitative estimate of drug-likeness (QED) is 0.800. The van der Waals surface area contributed by atoms with Crippen LogP contribution >= 0.6 is 0 Å². The van der Waals surface area contributed by atoms with Crippen molar-refractivity contribution in [3.8, 4) is 0 Å². The summed E-state index contributed by atoms with van der Waals surface area (Å²) in [6.07, 6.45) is 4.70. The second-order valence-corrected chi connectivity index (χ2v) is 5.54. The van der Waals surface area contributed by atoms with Gasteiger partial charge in [-0.25, -0.2) is 0 Å². The van der Waals surface area contributed by atoms with Gasteiger partial charge in [-0.2, -0.15) is 0 Å². The fourth-order valence-electron chi connectivity index (χ4n) is 2.33. The third-order valence-corrected chi connectivity index (χ3v) is 3.77. The van der Waals surface area contributed by atoms with Gasteiger partial charge in [0.2, 0.25) is 5.91 Å². The minimum atomic E-state index is 0.154. The summed E-state index contributed by atoms with van der Waals surface area (Å²) >= 11 is 0. The van der Waals surface area contributed by atoms with Crippen molar-refractivity contribution >= 4 is 5.91 Å². The van der Waals surface area contributed by atoms with Gasteiger partial charge in [0.05, 0.1) is 0 Å². The molecule has 0 aromatic heterocycles. The Morgan fingerprint density at radius 1 is 1.35 bits per heavy atom. The second-order valence-electron chi connectivity index (χ2n) is 5.54. The molecule has 3 nitrogen and oxygen atoms in total. The van der Waals surface area contributed by atoms with Gasteiger partial charge in [-0.1, -0.05) is 20.3 Å². The third-order valence-electron chi connectivity index (χ3n) is 3.77. The summed E-state index contributed by atoms with van der Waals surface area (Å²) in [5.74, 6) is 0.468. The van der Waals surface area contributed by atoms with Crippen molar-refractivity contribution in [2.45, 2.75) is 65.5 Å². The molecule has 2 atom stereocenters. The van der Waals surface area contributed by atoms with Crippen LogP contribution in [0.15, 0.2) is 0 Å². The lowest BCUT2D eigenvalue weighted by molar-refractivity contribution is -0.137. The summed E-state index contributed by atoms with van der Waals surface area (Å²) in [7, 11) is 0. The number of carbonyl (C=O) groups excluding carboxylic acids is 1. The van der Waals surface area contributed by atoms with E-state index in [0.29, 0.717) is 18.0 Å². The van der Waals surface area contributed by atoms with Gasteiger partial charge in [-0.15, -0.1) is 0 Å². The first-order valence-electron chi connectivity index (χ1n) is 7.10. The Kier molecular flexibility index (Phi) is 5.96. The van der Waals surface area contributed by atoms with E-state index in [0.717, 1.165) is 19.5 Å². The number of rotatable bonds is 5. The molecule has 0 aromatic rings. The van der Waals surface area contributed by atoms with E-state index < -0.39 is 0 Å². The number of nitrogens with zero attached hydrogens (tertiary/aromatic N) is 1. The van der Waals surface area contributed by atoms with Gasteiger partial charge in [-0.3, -0.25) is 4.79 Å². The summed E-state index contributed by atoms with van der Waals surface area (Å²) in [5, 5.41) is 3.52. The minimum Gasteiger partial charge on any atom is -0.338 e. The lowest BCUT2D eigenvalue weighted by Gasteiger charge is -2.34. The molecular formula is C14H28N2O. The normalized spacial score (nSPS) is 22.5. The van der Waals surface area contributed by atoms with E-state index in [1.54, 1.807) is 0 Å². The molecule has 0 bridgehead atoms. The third kappa shape index (κ3) is 4.30. The van der Waals surface area contributed by atoms with Crippen LogP contribution in [0.3, 0.4) is 0 Å². The van der Waals surface area contributed by atoms with Crippen LogP contribution < -0.4 is 5.32 Å². The molecule has 1 amide bonds. The predicted octanol–water partition coefficient (Wildman–Crippen LogP) is 2.41. The van der Waals surface area contributed by atoms with Crippen molar-refractivity contribution in [1.29, 1.82) is 0 Å². The maximum absolute atomic E-state index is 12.3. The molecule has 3 heteroatoms. The Morgan fingerprint density at radius 3 is 2.53 bits per heavy atom. The van der Waals surface area contributed by atoms with Gasteiger partial charge in [0.15, 0.2) is 0 Å². The average Bonchev–Trinajstić information content (AvgIpc) is 2.35. The van der Waals surface area contributed by atoms with Crippen LogP contribution in [0.2, 0.25) is 0 Å². The standard InChI is InChI=1S/C14H28N2O/c1-5-12(4)14(17)16(11(2)3)10-13-8-6-7-9-15-13/h11-13,15H,5-10H2,1-4H3. The highest BCUT2D eigenvalue weighted by atomic mass is 16.2. The molecule has 1 aliphatic rings. The van der Waals surface area contributed by atoms with E-state index in [2.05, 4.69) is 31.0 Å². The van der Waals surface area contributed by atoms with E-state index in [1.165, 1.54) is 19.3 Å². The van der Waals surface area contributed by atoms with E-state index >= 15 is 0 Å². The molecule has 0 aromatic carbocycles. The van der Waals surface area contributed by atoms with Crippen molar-refractivity contribution < 1.29 is 4.79 Å². The zero-order valence-corrected chi connectivity index (χ0v) is 11.8. The van der Waals surface area contributed by atoms with Gasteiger partial charge in [0.25, 0.3) is 0 Å². The second kappa shape index (κ2) is 7.00. The van der Waals surface area contributed by atoms with Crippen LogP contribution in [-0.2, 0) is 4.79 Å². The van der Waals surface area contributed by atoms with Gasteiger partial charge in [0, 0.05) is 24.5 Å². The molecule has 0 spiro atoms. The largest absolute Gasteiger partial charge is 0.338 e. The van der Waals surface area contributed by atoms with Gasteiger partial charge >= 0.3 is 0 Å². The Morgan fingerprint density at radius 2 is 2.06 bits per heavy atom. The van der Waals surface area contributed by atoms with Crippen molar-refractivity contribution in [1.82, 2.24) is 10.2 Å². The summed E-state index contributed by atoms with van der Waals surface area (Å²) in [6, 6.07) is 0.805. The van der Waals surface area contributed by atoms with Gasteiger partial charge in [-0.05, 0) is 39.7 Å². The first kappa shape index (κ1) is 14.5. The van der Waals surface area contributed by atoms with E-state index in [1.807, 2.05) is 6.92 Å². The summed E-state index contributed by atoms with van der Waals surface area (Å²) in [5.41, 5.74) is 0. The number of amides is 1. The molecule has 0 saturated carbocycles. The number of piperidine rings is 1. The number of hydrogen-bond donors (Lipinski definition) is 1. The first-order valence-corrected chi connectivity index (χ1v) is 7.10. The van der Waals surface area contributed by atoms with Crippen LogP contribution in [0.25, 0.3) is 0 Å². The molecule has 17 heavy (non-hydrogen) atoms. The molecule has 0 aliphatic carbocycles. The number of hydrogen-bond acceptors (Lipinski definition) is 2. The van der Waals surface area contributed by atoms with Crippen molar-refractivity contribution in [2.24, 2.45) is 5.92 Å². The monoisotopic (exact) mass is 240 g/mol. The number of carbonyl (C=O) groups is 1. The molecule has 100 valence electrons. The molecule has 2 unspecified atom stereocenters. The van der Waals surface area contributed by atoms with E-state index in [9.17, 15) is 4.79 Å². The van der Waals surface area contributed by atoms with Crippen LogP contribution in [0.5, 0.6) is 0 Å². The fourth-order valence-corrected chi connectivity index (χ4v) is 2.33. The Bertz CT molecular complexity index is 234.